The monoisotopic (exact) mass is 432 g/mol. The lowest BCUT2D eigenvalue weighted by Gasteiger charge is -2.31. The Morgan fingerprint density at radius 1 is 1.23 bits per heavy atom. The van der Waals surface area contributed by atoms with Crippen molar-refractivity contribution in [3.05, 3.63) is 35.4 Å². The number of aliphatic hydroxyl groups is 1. The third kappa shape index (κ3) is 5.61. The van der Waals surface area contributed by atoms with Gasteiger partial charge < -0.3 is 10.4 Å². The van der Waals surface area contributed by atoms with Crippen LogP contribution in [-0.4, -0.2) is 54.2 Å². The standard InChI is InChI=1S/C21H24N2O6S/c1-21(2,30(3,28)29)18(20(26)23-27)22-19(25)15-10-8-14(9-11-15)6-4-5-7-16-12-17(16)13-24/h8-11,16-18,24,27H,12-13H2,1-3H3,(H,22,25)(H,23,26)/t16-,17+,18+/m0/s1. The van der Waals surface area contributed by atoms with Crippen LogP contribution in [-0.2, 0) is 14.6 Å². The first-order valence-electron chi connectivity index (χ1n) is 9.18. The summed E-state index contributed by atoms with van der Waals surface area (Å²) in [5, 5.41) is 20.3. The fourth-order valence-corrected chi connectivity index (χ4v) is 3.21. The van der Waals surface area contributed by atoms with Gasteiger partial charge in [-0.05, 0) is 62.3 Å². The smallest absolute Gasteiger partial charge is 0.267 e. The van der Waals surface area contributed by atoms with Crippen LogP contribution in [0.25, 0.3) is 0 Å². The van der Waals surface area contributed by atoms with Gasteiger partial charge in [0.2, 0.25) is 0 Å². The lowest BCUT2D eigenvalue weighted by molar-refractivity contribution is -0.131. The van der Waals surface area contributed by atoms with Crippen LogP contribution in [0.3, 0.4) is 0 Å². The lowest BCUT2D eigenvalue weighted by Crippen LogP contribution is -2.60. The van der Waals surface area contributed by atoms with Crippen molar-refractivity contribution in [3.8, 4) is 23.7 Å². The first-order chi connectivity index (χ1) is 14.0. The van der Waals surface area contributed by atoms with E-state index in [2.05, 4.69) is 29.0 Å². The number of hydroxylamine groups is 1. The third-order valence-corrected chi connectivity index (χ3v) is 7.28. The number of nitrogens with one attached hydrogen (secondary N) is 2. The molecule has 3 atom stereocenters. The number of carbonyl (C=O) groups excluding carboxylic acids is 2. The first kappa shape index (κ1) is 23.4. The van der Waals surface area contributed by atoms with E-state index in [9.17, 15) is 18.0 Å². The van der Waals surface area contributed by atoms with Crippen molar-refractivity contribution in [2.45, 2.75) is 31.1 Å². The number of benzene rings is 1. The summed E-state index contributed by atoms with van der Waals surface area (Å²) in [6, 6.07) is 4.65. The Bertz CT molecular complexity index is 1040. The van der Waals surface area contributed by atoms with Crippen LogP contribution in [0.1, 0.15) is 36.2 Å². The number of amides is 2. The highest BCUT2D eigenvalue weighted by Crippen LogP contribution is 2.36. The molecule has 1 fully saturated rings. The highest BCUT2D eigenvalue weighted by atomic mass is 32.2. The van der Waals surface area contributed by atoms with Gasteiger partial charge in [0.15, 0.2) is 9.84 Å². The minimum absolute atomic E-state index is 0.137. The predicted molar refractivity (Wildman–Crippen MR) is 110 cm³/mol. The lowest BCUT2D eigenvalue weighted by atomic mass is 10.0. The summed E-state index contributed by atoms with van der Waals surface area (Å²) < 4.78 is 22.4. The third-order valence-electron chi connectivity index (χ3n) is 5.13. The summed E-state index contributed by atoms with van der Waals surface area (Å²) >= 11 is 0. The SMILES string of the molecule is CC(C)([C@H](NC(=O)c1ccc(C#CC#C[C@H]2C[C@@H]2CO)cc1)C(=O)NO)S(C)(=O)=O. The van der Waals surface area contributed by atoms with Crippen LogP contribution in [0.4, 0.5) is 0 Å². The maximum atomic E-state index is 12.5. The molecule has 0 aliphatic heterocycles. The summed E-state index contributed by atoms with van der Waals surface area (Å²) in [5.74, 6) is 10.0. The number of hydrogen-bond acceptors (Lipinski definition) is 6. The molecular formula is C21H24N2O6S. The van der Waals surface area contributed by atoms with Gasteiger partial charge in [-0.1, -0.05) is 11.8 Å². The Kier molecular flexibility index (Phi) is 7.27. The maximum absolute atomic E-state index is 12.5. The zero-order valence-electron chi connectivity index (χ0n) is 16.9. The normalized spacial score (nSPS) is 18.7. The van der Waals surface area contributed by atoms with E-state index in [-0.39, 0.29) is 24.0 Å². The Morgan fingerprint density at radius 3 is 2.37 bits per heavy atom. The van der Waals surface area contributed by atoms with E-state index in [0.29, 0.717) is 5.56 Å². The minimum Gasteiger partial charge on any atom is -0.396 e. The van der Waals surface area contributed by atoms with E-state index in [1.807, 2.05) is 0 Å². The highest BCUT2D eigenvalue weighted by molar-refractivity contribution is 7.92. The molecule has 1 aromatic carbocycles. The van der Waals surface area contributed by atoms with Crippen molar-refractivity contribution in [1.82, 2.24) is 10.8 Å². The van der Waals surface area contributed by atoms with Gasteiger partial charge in [0, 0.05) is 29.9 Å². The molecule has 1 aliphatic carbocycles. The average molecular weight is 432 g/mol. The Morgan fingerprint density at radius 2 is 1.87 bits per heavy atom. The summed E-state index contributed by atoms with van der Waals surface area (Å²) in [7, 11) is -3.74. The molecule has 0 heterocycles. The maximum Gasteiger partial charge on any atom is 0.267 e. The van der Waals surface area contributed by atoms with Crippen LogP contribution >= 0.6 is 0 Å². The van der Waals surface area contributed by atoms with Gasteiger partial charge in [-0.25, -0.2) is 13.9 Å². The molecule has 2 amide bonds. The predicted octanol–water partition coefficient (Wildman–Crippen LogP) is 0.0969. The molecule has 0 radical (unpaired) electrons. The number of sulfone groups is 1. The molecule has 30 heavy (non-hydrogen) atoms. The van der Waals surface area contributed by atoms with Crippen LogP contribution < -0.4 is 10.8 Å². The van der Waals surface area contributed by atoms with Gasteiger partial charge in [-0.15, -0.1) is 0 Å². The molecule has 4 N–H and O–H groups in total. The van der Waals surface area contributed by atoms with Crippen molar-refractivity contribution in [3.63, 3.8) is 0 Å². The Balaban J connectivity index is 2.10. The van der Waals surface area contributed by atoms with Gasteiger partial charge >= 0.3 is 0 Å². The molecular weight excluding hydrogens is 408 g/mol. The minimum atomic E-state index is -3.74. The van der Waals surface area contributed by atoms with Gasteiger partial charge in [0.25, 0.3) is 11.8 Å². The number of carbonyl (C=O) groups is 2. The van der Waals surface area contributed by atoms with E-state index in [1.54, 1.807) is 12.1 Å². The molecule has 0 spiro atoms. The largest absolute Gasteiger partial charge is 0.396 e. The summed E-state index contributed by atoms with van der Waals surface area (Å²) in [5.41, 5.74) is 2.21. The van der Waals surface area contributed by atoms with E-state index >= 15 is 0 Å². The molecule has 1 aromatic rings. The second-order valence-electron chi connectivity index (χ2n) is 7.64. The van der Waals surface area contributed by atoms with Gasteiger partial charge in [0.1, 0.15) is 6.04 Å². The second kappa shape index (κ2) is 9.31. The van der Waals surface area contributed by atoms with E-state index < -0.39 is 32.4 Å². The van der Waals surface area contributed by atoms with Crippen molar-refractivity contribution in [1.29, 1.82) is 0 Å². The molecule has 0 unspecified atom stereocenters. The summed E-state index contributed by atoms with van der Waals surface area (Å²) in [6.07, 6.45) is 1.83. The molecule has 0 bridgehead atoms. The molecule has 160 valence electrons. The van der Waals surface area contributed by atoms with Crippen molar-refractivity contribution >= 4 is 21.7 Å². The quantitative estimate of drug-likeness (QED) is 0.286. The van der Waals surface area contributed by atoms with Gasteiger partial charge in [0.05, 0.1) is 4.75 Å². The van der Waals surface area contributed by atoms with E-state index in [4.69, 9.17) is 10.3 Å². The molecule has 0 saturated heterocycles. The van der Waals surface area contributed by atoms with Crippen LogP contribution in [0, 0.1) is 35.5 Å². The van der Waals surface area contributed by atoms with Crippen molar-refractivity contribution in [2.24, 2.45) is 11.8 Å². The number of aliphatic hydroxyl groups excluding tert-OH is 1. The van der Waals surface area contributed by atoms with Crippen molar-refractivity contribution < 1.29 is 28.3 Å². The fourth-order valence-electron chi connectivity index (χ4n) is 2.61. The highest BCUT2D eigenvalue weighted by Gasteiger charge is 2.44. The van der Waals surface area contributed by atoms with Crippen LogP contribution in [0.2, 0.25) is 0 Å². The van der Waals surface area contributed by atoms with Gasteiger partial charge in [-0.2, -0.15) is 0 Å². The zero-order chi connectivity index (χ0) is 22.5. The molecule has 1 saturated carbocycles. The van der Waals surface area contributed by atoms with E-state index in [0.717, 1.165) is 12.7 Å². The zero-order valence-corrected chi connectivity index (χ0v) is 17.7. The second-order valence-corrected chi connectivity index (χ2v) is 10.2. The summed E-state index contributed by atoms with van der Waals surface area (Å²) in [4.78, 5) is 24.5. The first-order valence-corrected chi connectivity index (χ1v) is 11.1. The molecule has 1 aliphatic rings. The molecule has 0 aromatic heterocycles. The number of hydrogen-bond donors (Lipinski definition) is 4. The molecule has 9 heteroatoms. The molecule has 8 nitrogen and oxygen atoms in total. The van der Waals surface area contributed by atoms with Crippen LogP contribution in [0.5, 0.6) is 0 Å². The van der Waals surface area contributed by atoms with Crippen molar-refractivity contribution in [2.75, 3.05) is 12.9 Å². The molecule has 2 rings (SSSR count). The topological polar surface area (TPSA) is 133 Å². The number of rotatable bonds is 6. The van der Waals surface area contributed by atoms with Crippen LogP contribution in [0.15, 0.2) is 24.3 Å². The summed E-state index contributed by atoms with van der Waals surface area (Å²) in [6.45, 7) is 2.71. The van der Waals surface area contributed by atoms with E-state index in [1.165, 1.54) is 31.5 Å². The average Bonchev–Trinajstić information content (AvgIpc) is 3.46. The fraction of sp³-hybridized carbons (Fsp3) is 0.429. The Hall–Kier alpha value is -2.85. The van der Waals surface area contributed by atoms with Gasteiger partial charge in [-0.3, -0.25) is 14.8 Å². The Labute approximate surface area is 175 Å².